The number of hydrogen-bond donors (Lipinski definition) is 1. The minimum atomic E-state index is -0.609. The van der Waals surface area contributed by atoms with Crippen molar-refractivity contribution in [1.82, 2.24) is 0 Å². The molecule has 0 aliphatic carbocycles. The molecule has 0 aliphatic heterocycles. The standard InChI is InChI=1S/C25H28O4/c1-2-3-4-5-6-9-16-28-21-14-15-24(26)23(18-21)25(27)29-22-13-12-19-10-7-8-11-20(19)17-22/h7-8,10-15,17-18,26H,2-6,9,16H2,1H3. The zero-order chi connectivity index (χ0) is 20.5. The molecule has 0 saturated carbocycles. The molecule has 0 aliphatic rings. The number of carbonyl (C=O) groups excluding carboxylic acids is 1. The Morgan fingerprint density at radius 3 is 2.38 bits per heavy atom. The van der Waals surface area contributed by atoms with Crippen molar-refractivity contribution in [3.05, 3.63) is 66.2 Å². The van der Waals surface area contributed by atoms with Crippen LogP contribution in [0.15, 0.2) is 60.7 Å². The number of esters is 1. The first-order valence-corrected chi connectivity index (χ1v) is 10.3. The van der Waals surface area contributed by atoms with Crippen LogP contribution >= 0.6 is 0 Å². The molecule has 0 amide bonds. The van der Waals surface area contributed by atoms with Gasteiger partial charge in [-0.2, -0.15) is 0 Å². The van der Waals surface area contributed by atoms with E-state index in [1.54, 1.807) is 12.1 Å². The average molecular weight is 392 g/mol. The number of aromatic hydroxyl groups is 1. The zero-order valence-corrected chi connectivity index (χ0v) is 16.9. The van der Waals surface area contributed by atoms with Gasteiger partial charge in [0.05, 0.1) is 6.61 Å². The Labute approximate surface area is 172 Å². The third-order valence-corrected chi connectivity index (χ3v) is 4.89. The zero-order valence-electron chi connectivity index (χ0n) is 16.9. The topological polar surface area (TPSA) is 55.8 Å². The van der Waals surface area contributed by atoms with Crippen LogP contribution in [0, 0.1) is 0 Å². The highest BCUT2D eigenvalue weighted by Gasteiger charge is 2.15. The summed E-state index contributed by atoms with van der Waals surface area (Å²) in [6, 6.07) is 18.0. The summed E-state index contributed by atoms with van der Waals surface area (Å²) in [7, 11) is 0. The van der Waals surface area contributed by atoms with Crippen molar-refractivity contribution in [2.75, 3.05) is 6.61 Å². The molecule has 0 heterocycles. The third-order valence-electron chi connectivity index (χ3n) is 4.89. The Bertz CT molecular complexity index is 948. The summed E-state index contributed by atoms with van der Waals surface area (Å²) >= 11 is 0. The van der Waals surface area contributed by atoms with Crippen LogP contribution in [0.1, 0.15) is 55.8 Å². The summed E-state index contributed by atoms with van der Waals surface area (Å²) in [6.45, 7) is 2.80. The number of unbranched alkanes of at least 4 members (excludes halogenated alkanes) is 5. The van der Waals surface area contributed by atoms with E-state index in [9.17, 15) is 9.90 Å². The van der Waals surface area contributed by atoms with Gasteiger partial charge in [0.25, 0.3) is 0 Å². The Morgan fingerprint density at radius 2 is 1.55 bits per heavy atom. The molecule has 3 aromatic rings. The molecule has 4 nitrogen and oxygen atoms in total. The van der Waals surface area contributed by atoms with Gasteiger partial charge in [-0.05, 0) is 47.5 Å². The van der Waals surface area contributed by atoms with Crippen molar-refractivity contribution in [3.8, 4) is 17.2 Å². The van der Waals surface area contributed by atoms with Crippen molar-refractivity contribution in [3.63, 3.8) is 0 Å². The fourth-order valence-corrected chi connectivity index (χ4v) is 3.23. The van der Waals surface area contributed by atoms with Crippen LogP contribution in [0.2, 0.25) is 0 Å². The van der Waals surface area contributed by atoms with Gasteiger partial charge < -0.3 is 14.6 Å². The van der Waals surface area contributed by atoms with Crippen molar-refractivity contribution in [2.24, 2.45) is 0 Å². The maximum Gasteiger partial charge on any atom is 0.347 e. The van der Waals surface area contributed by atoms with E-state index in [0.717, 1.165) is 23.6 Å². The predicted octanol–water partition coefficient (Wildman–Crippen LogP) is 6.50. The second-order valence-electron chi connectivity index (χ2n) is 7.19. The van der Waals surface area contributed by atoms with Gasteiger partial charge in [0.1, 0.15) is 22.8 Å². The quantitative estimate of drug-likeness (QED) is 0.243. The van der Waals surface area contributed by atoms with Gasteiger partial charge in [-0.3, -0.25) is 0 Å². The Morgan fingerprint density at radius 1 is 0.828 bits per heavy atom. The molecular weight excluding hydrogens is 364 g/mol. The van der Waals surface area contributed by atoms with E-state index in [0.29, 0.717) is 18.1 Å². The molecule has 0 saturated heterocycles. The van der Waals surface area contributed by atoms with Crippen molar-refractivity contribution >= 4 is 16.7 Å². The SMILES string of the molecule is CCCCCCCCOc1ccc(O)c(C(=O)Oc2ccc3ccccc3c2)c1. The first kappa shape index (κ1) is 20.7. The van der Waals surface area contributed by atoms with E-state index in [1.165, 1.54) is 37.8 Å². The summed E-state index contributed by atoms with van der Waals surface area (Å²) in [5, 5.41) is 12.1. The first-order chi connectivity index (χ1) is 14.2. The van der Waals surface area contributed by atoms with Crippen LogP contribution in [0.25, 0.3) is 10.8 Å². The van der Waals surface area contributed by atoms with E-state index >= 15 is 0 Å². The van der Waals surface area contributed by atoms with Crippen molar-refractivity contribution in [2.45, 2.75) is 45.4 Å². The molecule has 152 valence electrons. The first-order valence-electron chi connectivity index (χ1n) is 10.3. The molecule has 0 bridgehead atoms. The number of benzene rings is 3. The molecule has 0 fully saturated rings. The predicted molar refractivity (Wildman–Crippen MR) is 116 cm³/mol. The van der Waals surface area contributed by atoms with E-state index in [2.05, 4.69) is 6.92 Å². The lowest BCUT2D eigenvalue weighted by molar-refractivity contribution is 0.0731. The molecule has 4 heteroatoms. The van der Waals surface area contributed by atoms with Crippen LogP contribution in [0.4, 0.5) is 0 Å². The minimum Gasteiger partial charge on any atom is -0.507 e. The number of phenols is 1. The van der Waals surface area contributed by atoms with E-state index < -0.39 is 5.97 Å². The summed E-state index contributed by atoms with van der Waals surface area (Å²) < 4.78 is 11.2. The summed E-state index contributed by atoms with van der Waals surface area (Å²) in [6.07, 6.45) is 7.11. The number of phenolic OH excluding ortho intramolecular Hbond substituents is 1. The molecule has 0 spiro atoms. The van der Waals surface area contributed by atoms with Crippen LogP contribution in [-0.2, 0) is 0 Å². The Hall–Kier alpha value is -3.01. The Balaban J connectivity index is 1.58. The van der Waals surface area contributed by atoms with Gasteiger partial charge in [0.2, 0.25) is 0 Å². The summed E-state index contributed by atoms with van der Waals surface area (Å²) in [4.78, 5) is 12.6. The van der Waals surface area contributed by atoms with Gasteiger partial charge in [-0.1, -0.05) is 69.4 Å². The lowest BCUT2D eigenvalue weighted by atomic mass is 10.1. The van der Waals surface area contributed by atoms with Gasteiger partial charge >= 0.3 is 5.97 Å². The molecule has 29 heavy (non-hydrogen) atoms. The fourth-order valence-electron chi connectivity index (χ4n) is 3.23. The number of hydrogen-bond acceptors (Lipinski definition) is 4. The molecule has 3 rings (SSSR count). The smallest absolute Gasteiger partial charge is 0.347 e. The second kappa shape index (κ2) is 10.5. The third kappa shape index (κ3) is 5.98. The van der Waals surface area contributed by atoms with Gasteiger partial charge in [0, 0.05) is 0 Å². The highest BCUT2D eigenvalue weighted by Crippen LogP contribution is 2.26. The van der Waals surface area contributed by atoms with Crippen LogP contribution < -0.4 is 9.47 Å². The Kier molecular flexibility index (Phi) is 7.51. The molecular formula is C25H28O4. The number of fused-ring (bicyclic) bond motifs is 1. The van der Waals surface area contributed by atoms with Crippen LogP contribution in [0.3, 0.4) is 0 Å². The molecule has 0 aromatic heterocycles. The highest BCUT2D eigenvalue weighted by atomic mass is 16.5. The monoisotopic (exact) mass is 392 g/mol. The lowest BCUT2D eigenvalue weighted by Gasteiger charge is -2.10. The summed E-state index contributed by atoms with van der Waals surface area (Å²) in [5.41, 5.74) is 0.0959. The fraction of sp³-hybridized carbons (Fsp3) is 0.320. The van der Waals surface area contributed by atoms with Gasteiger partial charge in [-0.15, -0.1) is 0 Å². The molecule has 3 aromatic carbocycles. The van der Waals surface area contributed by atoms with E-state index in [-0.39, 0.29) is 11.3 Å². The number of ether oxygens (including phenoxy) is 2. The molecule has 0 atom stereocenters. The maximum absolute atomic E-state index is 12.6. The highest BCUT2D eigenvalue weighted by molar-refractivity contribution is 5.95. The molecule has 0 unspecified atom stereocenters. The largest absolute Gasteiger partial charge is 0.507 e. The maximum atomic E-state index is 12.6. The van der Waals surface area contributed by atoms with Crippen LogP contribution in [0.5, 0.6) is 17.2 Å². The second-order valence-corrected chi connectivity index (χ2v) is 7.19. The molecule has 0 radical (unpaired) electrons. The van der Waals surface area contributed by atoms with E-state index in [4.69, 9.17) is 9.47 Å². The summed E-state index contributed by atoms with van der Waals surface area (Å²) in [5.74, 6) is 0.263. The lowest BCUT2D eigenvalue weighted by Crippen LogP contribution is -2.09. The average Bonchev–Trinajstić information content (AvgIpc) is 2.74. The van der Waals surface area contributed by atoms with Crippen molar-refractivity contribution < 1.29 is 19.4 Å². The van der Waals surface area contributed by atoms with E-state index in [1.807, 2.05) is 36.4 Å². The normalized spacial score (nSPS) is 10.8. The van der Waals surface area contributed by atoms with Crippen LogP contribution in [-0.4, -0.2) is 17.7 Å². The number of carbonyl (C=O) groups is 1. The molecule has 1 N–H and O–H groups in total. The minimum absolute atomic E-state index is 0.0959. The van der Waals surface area contributed by atoms with Gasteiger partial charge in [-0.25, -0.2) is 4.79 Å². The van der Waals surface area contributed by atoms with Crippen molar-refractivity contribution in [1.29, 1.82) is 0 Å². The number of rotatable bonds is 10. The van der Waals surface area contributed by atoms with Gasteiger partial charge in [0.15, 0.2) is 0 Å².